The topological polar surface area (TPSA) is 98.2 Å². The van der Waals surface area contributed by atoms with E-state index in [9.17, 15) is 4.79 Å². The summed E-state index contributed by atoms with van der Waals surface area (Å²) in [5.41, 5.74) is 12.8. The van der Waals surface area contributed by atoms with Crippen LogP contribution in [0, 0.1) is 0 Å². The average Bonchev–Trinajstić information content (AvgIpc) is 3.18. The van der Waals surface area contributed by atoms with Crippen LogP contribution in [0.2, 0.25) is 0 Å². The number of carbonyl (C=O) groups excluding carboxylic acids is 1. The number of pyridine rings is 1. The van der Waals surface area contributed by atoms with Crippen LogP contribution < -0.4 is 11.2 Å². The molecule has 0 saturated carbocycles. The monoisotopic (exact) mass is 396 g/mol. The average molecular weight is 396 g/mol. The van der Waals surface area contributed by atoms with Crippen molar-refractivity contribution in [3.8, 4) is 11.3 Å². The van der Waals surface area contributed by atoms with E-state index in [1.54, 1.807) is 42.9 Å². The third-order valence-electron chi connectivity index (χ3n) is 4.45. The molecule has 0 spiro atoms. The van der Waals surface area contributed by atoms with Crippen LogP contribution >= 0.6 is 0 Å². The van der Waals surface area contributed by atoms with Crippen molar-refractivity contribution in [3.63, 3.8) is 0 Å². The predicted octanol–water partition coefficient (Wildman–Crippen LogP) is 3.34. The maximum absolute atomic E-state index is 12.3. The number of nitrogens with zero attached hydrogens (tertiary/aromatic N) is 4. The van der Waals surface area contributed by atoms with Gasteiger partial charge in [-0.05, 0) is 42.0 Å². The lowest BCUT2D eigenvalue weighted by molar-refractivity contribution is 0.0955. The minimum atomic E-state index is -0.314. The molecule has 2 aromatic carbocycles. The maximum Gasteiger partial charge on any atom is 0.271 e. The Labute approximate surface area is 173 Å². The lowest BCUT2D eigenvalue weighted by atomic mass is 10.1. The summed E-state index contributed by atoms with van der Waals surface area (Å²) in [4.78, 5) is 16.4. The first kappa shape index (κ1) is 19.1. The molecule has 1 amide bonds. The largest absolute Gasteiger partial charge is 0.399 e. The van der Waals surface area contributed by atoms with E-state index >= 15 is 0 Å². The predicted molar refractivity (Wildman–Crippen MR) is 117 cm³/mol. The lowest BCUT2D eigenvalue weighted by Crippen LogP contribution is -2.17. The molecule has 0 saturated heterocycles. The zero-order valence-corrected chi connectivity index (χ0v) is 16.1. The molecule has 0 unspecified atom stereocenters. The first-order valence-corrected chi connectivity index (χ1v) is 9.40. The van der Waals surface area contributed by atoms with E-state index in [1.165, 1.54) is 0 Å². The Morgan fingerprint density at radius 1 is 1.07 bits per heavy atom. The molecule has 7 nitrogen and oxygen atoms in total. The van der Waals surface area contributed by atoms with Gasteiger partial charge in [0.2, 0.25) is 0 Å². The molecule has 2 heterocycles. The van der Waals surface area contributed by atoms with Gasteiger partial charge in [-0.15, -0.1) is 0 Å². The number of benzene rings is 2. The van der Waals surface area contributed by atoms with Gasteiger partial charge in [0.25, 0.3) is 5.91 Å². The summed E-state index contributed by atoms with van der Waals surface area (Å²) in [6, 6.07) is 20.5. The van der Waals surface area contributed by atoms with Crippen molar-refractivity contribution < 1.29 is 4.79 Å². The van der Waals surface area contributed by atoms with Crippen LogP contribution in [0.4, 0.5) is 5.69 Å². The van der Waals surface area contributed by atoms with E-state index in [2.05, 4.69) is 15.5 Å². The Kier molecular flexibility index (Phi) is 5.61. The van der Waals surface area contributed by atoms with Crippen LogP contribution in [-0.2, 0) is 6.54 Å². The summed E-state index contributed by atoms with van der Waals surface area (Å²) in [6.07, 6.45) is 6.95. The molecule has 0 atom stereocenters. The number of hydrogen-bond donors (Lipinski definition) is 2. The number of amides is 1. The Morgan fingerprint density at radius 3 is 2.60 bits per heavy atom. The van der Waals surface area contributed by atoms with Crippen molar-refractivity contribution in [2.75, 3.05) is 5.73 Å². The Balaban J connectivity index is 1.56. The molecule has 3 N–H and O–H groups in total. The van der Waals surface area contributed by atoms with Crippen LogP contribution in [0.3, 0.4) is 0 Å². The van der Waals surface area contributed by atoms with Crippen LogP contribution in [0.1, 0.15) is 21.5 Å². The smallest absolute Gasteiger partial charge is 0.271 e. The lowest BCUT2D eigenvalue weighted by Gasteiger charge is -2.01. The highest BCUT2D eigenvalue weighted by Crippen LogP contribution is 2.20. The number of hydrogen-bond acceptors (Lipinski definition) is 5. The third-order valence-corrected chi connectivity index (χ3v) is 4.45. The normalized spacial score (nSPS) is 10.9. The van der Waals surface area contributed by atoms with Gasteiger partial charge in [0, 0.05) is 41.0 Å². The van der Waals surface area contributed by atoms with Crippen LogP contribution in [0.15, 0.2) is 90.4 Å². The summed E-state index contributed by atoms with van der Waals surface area (Å²) in [6.45, 7) is 0.625. The number of aromatic nitrogens is 3. The molecular formula is C23H20N6O. The zero-order chi connectivity index (χ0) is 20.8. The molecule has 4 aromatic rings. The van der Waals surface area contributed by atoms with E-state index in [1.807, 2.05) is 53.3 Å². The maximum atomic E-state index is 12.3. The van der Waals surface area contributed by atoms with Gasteiger partial charge in [0.15, 0.2) is 0 Å². The van der Waals surface area contributed by atoms with Crippen LogP contribution in [0.25, 0.3) is 11.3 Å². The minimum absolute atomic E-state index is 0.314. The molecule has 0 radical (unpaired) electrons. The van der Waals surface area contributed by atoms with E-state index in [0.717, 1.165) is 22.4 Å². The van der Waals surface area contributed by atoms with Gasteiger partial charge in [0.1, 0.15) is 5.69 Å². The molecule has 0 bridgehead atoms. The highest BCUT2D eigenvalue weighted by molar-refractivity contribution is 5.95. The summed E-state index contributed by atoms with van der Waals surface area (Å²) in [5, 5.41) is 8.82. The van der Waals surface area contributed by atoms with Gasteiger partial charge < -0.3 is 5.73 Å². The SMILES string of the molecule is Nc1ccc(C(=O)N/N=C/c2cn(Cc3ccccc3)nc2-c2cccnc2)cc1. The van der Waals surface area contributed by atoms with Crippen LogP contribution in [-0.4, -0.2) is 26.9 Å². The number of anilines is 1. The molecule has 0 aliphatic carbocycles. The number of nitrogen functional groups attached to an aromatic ring is 1. The molecule has 30 heavy (non-hydrogen) atoms. The van der Waals surface area contributed by atoms with Crippen molar-refractivity contribution in [3.05, 3.63) is 102 Å². The fraction of sp³-hybridized carbons (Fsp3) is 0.0435. The van der Waals surface area contributed by atoms with Gasteiger partial charge in [-0.2, -0.15) is 10.2 Å². The number of hydrazone groups is 1. The summed E-state index contributed by atoms with van der Waals surface area (Å²) < 4.78 is 1.85. The molecule has 7 heteroatoms. The number of nitrogens with two attached hydrogens (primary N) is 1. The number of nitrogens with one attached hydrogen (secondary N) is 1. The number of carbonyl (C=O) groups is 1. The highest BCUT2D eigenvalue weighted by Gasteiger charge is 2.11. The zero-order valence-electron chi connectivity index (χ0n) is 16.1. The summed E-state index contributed by atoms with van der Waals surface area (Å²) in [7, 11) is 0. The van der Waals surface area contributed by atoms with Gasteiger partial charge in [-0.3, -0.25) is 14.5 Å². The second-order valence-corrected chi connectivity index (χ2v) is 6.68. The summed E-state index contributed by atoms with van der Waals surface area (Å²) in [5.74, 6) is -0.314. The molecule has 148 valence electrons. The number of rotatable bonds is 6. The molecule has 4 rings (SSSR count). The molecule has 0 aliphatic rings. The van der Waals surface area contributed by atoms with Crippen molar-refractivity contribution in [2.24, 2.45) is 5.10 Å². The fourth-order valence-corrected chi connectivity index (χ4v) is 2.97. The molecule has 0 aliphatic heterocycles. The van der Waals surface area contributed by atoms with Gasteiger partial charge in [-0.25, -0.2) is 5.43 Å². The summed E-state index contributed by atoms with van der Waals surface area (Å²) >= 11 is 0. The van der Waals surface area contributed by atoms with Crippen molar-refractivity contribution in [2.45, 2.75) is 6.54 Å². The van der Waals surface area contributed by atoms with E-state index in [-0.39, 0.29) is 5.91 Å². The Morgan fingerprint density at radius 2 is 1.87 bits per heavy atom. The van der Waals surface area contributed by atoms with E-state index < -0.39 is 0 Å². The van der Waals surface area contributed by atoms with E-state index in [0.29, 0.717) is 17.8 Å². The quantitative estimate of drug-likeness (QED) is 0.297. The Bertz CT molecular complexity index is 1150. The second kappa shape index (κ2) is 8.83. The fourth-order valence-electron chi connectivity index (χ4n) is 2.97. The van der Waals surface area contributed by atoms with Gasteiger partial charge in [0.05, 0.1) is 12.8 Å². The van der Waals surface area contributed by atoms with Gasteiger partial charge >= 0.3 is 0 Å². The molecule has 2 aromatic heterocycles. The first-order chi connectivity index (χ1) is 14.7. The molecular weight excluding hydrogens is 376 g/mol. The standard InChI is InChI=1S/C23H20N6O/c24-21-10-8-18(9-11-21)23(30)27-26-14-20-16-29(15-17-5-2-1-3-6-17)28-22(20)19-7-4-12-25-13-19/h1-14,16H,15,24H2,(H,27,30)/b26-14+. The van der Waals surface area contributed by atoms with Crippen LogP contribution in [0.5, 0.6) is 0 Å². The van der Waals surface area contributed by atoms with Crippen molar-refractivity contribution >= 4 is 17.8 Å². The Hall–Kier alpha value is -4.26. The van der Waals surface area contributed by atoms with Crippen molar-refractivity contribution in [1.82, 2.24) is 20.2 Å². The highest BCUT2D eigenvalue weighted by atomic mass is 16.2. The second-order valence-electron chi connectivity index (χ2n) is 6.68. The third kappa shape index (κ3) is 4.59. The van der Waals surface area contributed by atoms with E-state index in [4.69, 9.17) is 10.8 Å². The first-order valence-electron chi connectivity index (χ1n) is 9.40. The minimum Gasteiger partial charge on any atom is -0.399 e. The van der Waals surface area contributed by atoms with Gasteiger partial charge in [-0.1, -0.05) is 30.3 Å². The molecule has 0 fully saturated rings. The van der Waals surface area contributed by atoms with Crippen molar-refractivity contribution in [1.29, 1.82) is 0 Å².